The fourth-order valence-electron chi connectivity index (χ4n) is 2.62. The van der Waals surface area contributed by atoms with Gasteiger partial charge in [-0.1, -0.05) is 0 Å². The maximum absolute atomic E-state index is 12.0. The van der Waals surface area contributed by atoms with E-state index in [2.05, 4.69) is 26.1 Å². The third kappa shape index (κ3) is 1.92. The average Bonchev–Trinajstić information content (AvgIpc) is 2.92. The molecule has 2 fully saturated rings. The molecule has 0 spiro atoms. The number of hydrogen-bond acceptors (Lipinski definition) is 3. The number of halogens is 1. The lowest BCUT2D eigenvalue weighted by molar-refractivity contribution is 0.0928. The Balaban J connectivity index is 1.65. The van der Waals surface area contributed by atoms with Crippen molar-refractivity contribution in [3.8, 4) is 0 Å². The summed E-state index contributed by atoms with van der Waals surface area (Å²) < 4.78 is 1.01. The number of piperidine rings is 1. The monoisotopic (exact) mass is 300 g/mol. The van der Waals surface area contributed by atoms with E-state index >= 15 is 0 Å². The molecular weight excluding hydrogens is 288 g/mol. The van der Waals surface area contributed by atoms with E-state index in [1.165, 1.54) is 30.8 Å². The molecule has 0 radical (unpaired) electrons. The van der Waals surface area contributed by atoms with Crippen LogP contribution in [0.4, 0.5) is 0 Å². The molecule has 16 heavy (non-hydrogen) atoms. The molecule has 1 aromatic rings. The van der Waals surface area contributed by atoms with Crippen molar-refractivity contribution in [2.45, 2.75) is 12.5 Å². The summed E-state index contributed by atoms with van der Waals surface area (Å²) in [5.74, 6) is 0.752. The van der Waals surface area contributed by atoms with E-state index in [0.717, 1.165) is 15.2 Å². The van der Waals surface area contributed by atoms with E-state index < -0.39 is 0 Å². The largest absolute Gasteiger partial charge is 0.347 e. The fraction of sp³-hybridized carbons (Fsp3) is 0.545. The molecule has 5 heteroatoms. The maximum atomic E-state index is 12.0. The summed E-state index contributed by atoms with van der Waals surface area (Å²) in [6, 6.07) is 4.16. The van der Waals surface area contributed by atoms with Gasteiger partial charge in [0.2, 0.25) is 0 Å². The minimum atomic E-state index is 0.0782. The van der Waals surface area contributed by atoms with Gasteiger partial charge in [-0.05, 0) is 46.9 Å². The van der Waals surface area contributed by atoms with Gasteiger partial charge in [0, 0.05) is 19.1 Å². The number of amides is 1. The van der Waals surface area contributed by atoms with Gasteiger partial charge in [-0.2, -0.15) is 0 Å². The van der Waals surface area contributed by atoms with Gasteiger partial charge in [0.25, 0.3) is 5.91 Å². The molecule has 0 saturated carbocycles. The molecule has 0 aromatic carbocycles. The number of carbonyl (C=O) groups is 1. The highest BCUT2D eigenvalue weighted by Gasteiger charge is 2.38. The molecule has 2 bridgehead atoms. The van der Waals surface area contributed by atoms with Crippen molar-refractivity contribution in [2.24, 2.45) is 5.92 Å². The summed E-state index contributed by atoms with van der Waals surface area (Å²) in [6.07, 6.45) is 1.24. The Morgan fingerprint density at radius 1 is 1.50 bits per heavy atom. The molecule has 1 aromatic heterocycles. The zero-order valence-corrected chi connectivity index (χ0v) is 11.2. The van der Waals surface area contributed by atoms with Crippen LogP contribution in [0.2, 0.25) is 0 Å². The van der Waals surface area contributed by atoms with Crippen LogP contribution in [-0.4, -0.2) is 36.5 Å². The summed E-state index contributed by atoms with van der Waals surface area (Å²) in [7, 11) is 0. The SMILES string of the molecule is O=C(N[C@@H]1CN2CC[C@H]1C2)c1ccc(Br)s1. The van der Waals surface area contributed by atoms with Crippen LogP contribution >= 0.6 is 27.3 Å². The maximum Gasteiger partial charge on any atom is 0.261 e. The first-order valence-corrected chi connectivity index (χ1v) is 7.12. The first-order valence-electron chi connectivity index (χ1n) is 5.51. The molecule has 3 atom stereocenters. The lowest BCUT2D eigenvalue weighted by Crippen LogP contribution is -2.42. The number of nitrogens with one attached hydrogen (secondary N) is 1. The third-order valence-corrected chi connectivity index (χ3v) is 5.07. The van der Waals surface area contributed by atoms with E-state index in [9.17, 15) is 4.79 Å². The minimum Gasteiger partial charge on any atom is -0.347 e. The molecule has 86 valence electrons. The quantitative estimate of drug-likeness (QED) is 0.905. The van der Waals surface area contributed by atoms with Gasteiger partial charge in [0.1, 0.15) is 0 Å². The van der Waals surface area contributed by atoms with Crippen molar-refractivity contribution in [3.63, 3.8) is 0 Å². The van der Waals surface area contributed by atoms with Gasteiger partial charge < -0.3 is 10.2 Å². The third-order valence-electron chi connectivity index (χ3n) is 3.45. The smallest absolute Gasteiger partial charge is 0.261 e. The molecular formula is C11H13BrN2OS. The normalized spacial score (nSPS) is 31.9. The number of rotatable bonds is 2. The zero-order valence-electron chi connectivity index (χ0n) is 8.78. The summed E-state index contributed by atoms with van der Waals surface area (Å²) in [5, 5.41) is 3.15. The van der Waals surface area contributed by atoms with E-state index in [-0.39, 0.29) is 5.91 Å². The van der Waals surface area contributed by atoms with Gasteiger partial charge in [0.05, 0.1) is 8.66 Å². The van der Waals surface area contributed by atoms with Crippen molar-refractivity contribution in [1.29, 1.82) is 0 Å². The summed E-state index contributed by atoms with van der Waals surface area (Å²) >= 11 is 4.87. The zero-order chi connectivity index (χ0) is 11.1. The minimum absolute atomic E-state index is 0.0782. The Morgan fingerprint density at radius 3 is 2.94 bits per heavy atom. The van der Waals surface area contributed by atoms with Gasteiger partial charge in [0.15, 0.2) is 0 Å². The standard InChI is InChI=1S/C11H13BrN2OS/c12-10-2-1-9(16-10)11(15)13-8-6-14-4-3-7(8)5-14/h1-2,7-8H,3-6H2,(H,13,15)/t7-,8+/m0/s1. The molecule has 3 heterocycles. The molecule has 2 aliphatic rings. The van der Waals surface area contributed by atoms with Crippen LogP contribution in [0, 0.1) is 5.92 Å². The highest BCUT2D eigenvalue weighted by molar-refractivity contribution is 9.11. The van der Waals surface area contributed by atoms with Crippen LogP contribution in [-0.2, 0) is 0 Å². The molecule has 0 aliphatic carbocycles. The van der Waals surface area contributed by atoms with Crippen molar-refractivity contribution >= 4 is 33.2 Å². The van der Waals surface area contributed by atoms with Crippen LogP contribution in [0.25, 0.3) is 0 Å². The van der Waals surface area contributed by atoms with Crippen molar-refractivity contribution in [3.05, 3.63) is 20.8 Å². The molecule has 1 N–H and O–H groups in total. The summed E-state index contributed by atoms with van der Waals surface area (Å²) in [5.41, 5.74) is 0. The van der Waals surface area contributed by atoms with Gasteiger partial charge in [-0.3, -0.25) is 4.79 Å². The Hall–Kier alpha value is -0.390. The predicted molar refractivity (Wildman–Crippen MR) is 67.8 cm³/mol. The van der Waals surface area contributed by atoms with Crippen LogP contribution in [0.15, 0.2) is 15.9 Å². The Bertz CT molecular complexity index is 420. The van der Waals surface area contributed by atoms with Crippen molar-refractivity contribution < 1.29 is 4.79 Å². The number of thiophene rings is 1. The average molecular weight is 301 g/mol. The fourth-order valence-corrected chi connectivity index (χ4v) is 3.91. The van der Waals surface area contributed by atoms with Crippen LogP contribution in [0.1, 0.15) is 16.1 Å². The first kappa shape index (κ1) is 10.7. The molecule has 3 nitrogen and oxygen atoms in total. The molecule has 2 aliphatic heterocycles. The van der Waals surface area contributed by atoms with E-state index in [4.69, 9.17) is 0 Å². The van der Waals surface area contributed by atoms with Crippen molar-refractivity contribution in [1.82, 2.24) is 10.2 Å². The second kappa shape index (κ2) is 4.13. The Morgan fingerprint density at radius 2 is 2.38 bits per heavy atom. The molecule has 1 amide bonds. The number of fused-ring (bicyclic) bond motifs is 2. The van der Waals surface area contributed by atoms with Crippen LogP contribution in [0.3, 0.4) is 0 Å². The van der Waals surface area contributed by atoms with E-state index in [1.807, 2.05) is 12.1 Å². The number of hydrogen-bond donors (Lipinski definition) is 1. The van der Waals surface area contributed by atoms with Crippen LogP contribution in [0.5, 0.6) is 0 Å². The summed E-state index contributed by atoms with van der Waals surface area (Å²) in [4.78, 5) is 15.2. The van der Waals surface area contributed by atoms with Gasteiger partial charge >= 0.3 is 0 Å². The lowest BCUT2D eigenvalue weighted by Gasteiger charge is -2.22. The Kier molecular flexibility index (Phi) is 2.77. The second-order valence-corrected chi connectivity index (χ2v) is 6.96. The predicted octanol–water partition coefficient (Wildman–Crippen LogP) is 1.94. The second-order valence-electron chi connectivity index (χ2n) is 4.49. The highest BCUT2D eigenvalue weighted by atomic mass is 79.9. The summed E-state index contributed by atoms with van der Waals surface area (Å²) in [6.45, 7) is 3.41. The van der Waals surface area contributed by atoms with Gasteiger partial charge in [-0.25, -0.2) is 0 Å². The van der Waals surface area contributed by atoms with Crippen molar-refractivity contribution in [2.75, 3.05) is 19.6 Å². The molecule has 3 rings (SSSR count). The van der Waals surface area contributed by atoms with Crippen LogP contribution < -0.4 is 5.32 Å². The molecule has 2 saturated heterocycles. The molecule has 1 unspecified atom stereocenters. The number of carbonyl (C=O) groups excluding carboxylic acids is 1. The highest BCUT2D eigenvalue weighted by Crippen LogP contribution is 2.28. The van der Waals surface area contributed by atoms with E-state index in [0.29, 0.717) is 12.0 Å². The van der Waals surface area contributed by atoms with Gasteiger partial charge in [-0.15, -0.1) is 11.3 Å². The Labute approximate surface area is 107 Å². The topological polar surface area (TPSA) is 32.3 Å². The number of nitrogens with zero attached hydrogens (tertiary/aromatic N) is 1. The first-order chi connectivity index (χ1) is 7.72. The van der Waals surface area contributed by atoms with E-state index in [1.54, 1.807) is 0 Å². The lowest BCUT2D eigenvalue weighted by atomic mass is 10.00.